The van der Waals surface area contributed by atoms with Crippen LogP contribution in [0, 0.1) is 6.92 Å². The van der Waals surface area contributed by atoms with Gasteiger partial charge in [-0.25, -0.2) is 4.79 Å². The topological polar surface area (TPSA) is 84.5 Å². The van der Waals surface area contributed by atoms with Gasteiger partial charge in [0.2, 0.25) is 0 Å². The van der Waals surface area contributed by atoms with E-state index in [1.54, 1.807) is 24.4 Å². The zero-order valence-electron chi connectivity index (χ0n) is 17.1. The molecule has 0 atom stereocenters. The van der Waals surface area contributed by atoms with Crippen molar-refractivity contribution in [3.63, 3.8) is 0 Å². The number of ether oxygens (including phenoxy) is 1. The van der Waals surface area contributed by atoms with E-state index in [1.165, 1.54) is 18.3 Å². The van der Waals surface area contributed by atoms with E-state index in [4.69, 9.17) is 16.3 Å². The van der Waals surface area contributed by atoms with Crippen LogP contribution < -0.4 is 10.6 Å². The van der Waals surface area contributed by atoms with Crippen LogP contribution in [0.4, 0.5) is 23.9 Å². The number of amides is 2. The Morgan fingerprint density at radius 2 is 1.85 bits per heavy atom. The molecule has 2 heterocycles. The normalized spacial score (nSPS) is 11.2. The molecular weight excluding hydrogens is 501 g/mol. The van der Waals surface area contributed by atoms with E-state index in [-0.39, 0.29) is 38.3 Å². The second kappa shape index (κ2) is 9.94. The molecule has 0 aliphatic heterocycles. The van der Waals surface area contributed by atoms with E-state index in [0.29, 0.717) is 4.88 Å². The van der Waals surface area contributed by atoms with E-state index in [0.717, 1.165) is 29.5 Å². The molecule has 0 spiro atoms. The zero-order chi connectivity index (χ0) is 24.3. The van der Waals surface area contributed by atoms with Crippen molar-refractivity contribution in [2.75, 3.05) is 17.2 Å². The first-order chi connectivity index (χ1) is 15.5. The molecular formula is C21H16ClF3N2O4S2. The predicted octanol–water partition coefficient (Wildman–Crippen LogP) is 6.47. The van der Waals surface area contributed by atoms with Crippen molar-refractivity contribution in [3.05, 3.63) is 67.2 Å². The molecule has 0 saturated heterocycles. The number of nitrogens with one attached hydrogen (secondary N) is 2. The highest BCUT2D eigenvalue weighted by molar-refractivity contribution is 7.19. The maximum absolute atomic E-state index is 13.0. The summed E-state index contributed by atoms with van der Waals surface area (Å²) < 4.78 is 44.2. The number of carbonyl (C=O) groups is 3. The van der Waals surface area contributed by atoms with E-state index >= 15 is 0 Å². The fraction of sp³-hybridized carbons (Fsp3) is 0.190. The Balaban J connectivity index is 1.96. The Hall–Kier alpha value is -2.89. The minimum absolute atomic E-state index is 0.00737. The minimum atomic E-state index is -4.63. The molecule has 0 fully saturated rings. The van der Waals surface area contributed by atoms with E-state index < -0.39 is 29.5 Å². The summed E-state index contributed by atoms with van der Waals surface area (Å²) in [7, 11) is 0. The van der Waals surface area contributed by atoms with Gasteiger partial charge in [0.15, 0.2) is 0 Å². The van der Waals surface area contributed by atoms with Gasteiger partial charge < -0.3 is 15.4 Å². The van der Waals surface area contributed by atoms with Crippen LogP contribution in [0.25, 0.3) is 0 Å². The summed E-state index contributed by atoms with van der Waals surface area (Å²) in [6, 6.07) is 5.81. The highest BCUT2D eigenvalue weighted by Crippen LogP contribution is 2.37. The van der Waals surface area contributed by atoms with Crippen molar-refractivity contribution >= 4 is 62.7 Å². The maximum Gasteiger partial charge on any atom is 0.416 e. The Labute approximate surface area is 199 Å². The van der Waals surface area contributed by atoms with Crippen LogP contribution in [0.3, 0.4) is 0 Å². The third-order valence-corrected chi connectivity index (χ3v) is 6.75. The van der Waals surface area contributed by atoms with Gasteiger partial charge in [-0.3, -0.25) is 9.59 Å². The molecule has 33 heavy (non-hydrogen) atoms. The fourth-order valence-corrected chi connectivity index (χ4v) is 4.69. The van der Waals surface area contributed by atoms with Crippen molar-refractivity contribution < 1.29 is 32.3 Å². The maximum atomic E-state index is 13.0. The van der Waals surface area contributed by atoms with Gasteiger partial charge >= 0.3 is 12.1 Å². The predicted molar refractivity (Wildman–Crippen MR) is 122 cm³/mol. The number of hydrogen-bond acceptors (Lipinski definition) is 6. The molecule has 0 bridgehead atoms. The third kappa shape index (κ3) is 5.55. The lowest BCUT2D eigenvalue weighted by Gasteiger charge is -2.11. The summed E-state index contributed by atoms with van der Waals surface area (Å²) in [6.07, 6.45) is -4.63. The van der Waals surface area contributed by atoms with Crippen LogP contribution in [0.15, 0.2) is 35.7 Å². The lowest BCUT2D eigenvalue weighted by Crippen LogP contribution is -2.15. The summed E-state index contributed by atoms with van der Waals surface area (Å²) in [4.78, 5) is 38.3. The van der Waals surface area contributed by atoms with Gasteiger partial charge in [0, 0.05) is 0 Å². The summed E-state index contributed by atoms with van der Waals surface area (Å²) in [5.74, 6) is -2.02. The molecule has 3 rings (SSSR count). The van der Waals surface area contributed by atoms with Crippen LogP contribution in [0.2, 0.25) is 5.02 Å². The number of esters is 1. The molecule has 3 aromatic rings. The number of hydrogen-bond donors (Lipinski definition) is 2. The Kier molecular flexibility index (Phi) is 7.45. The minimum Gasteiger partial charge on any atom is -0.462 e. The number of anilines is 2. The van der Waals surface area contributed by atoms with Crippen LogP contribution in [0.1, 0.15) is 47.8 Å². The first kappa shape index (κ1) is 24.7. The lowest BCUT2D eigenvalue weighted by atomic mass is 10.1. The first-order valence-corrected chi connectivity index (χ1v) is 11.4. The molecule has 2 amide bonds. The smallest absolute Gasteiger partial charge is 0.416 e. The molecule has 0 radical (unpaired) electrons. The molecule has 12 heteroatoms. The van der Waals surface area contributed by atoms with Crippen molar-refractivity contribution in [3.8, 4) is 0 Å². The Morgan fingerprint density at radius 1 is 1.12 bits per heavy atom. The van der Waals surface area contributed by atoms with Crippen molar-refractivity contribution in [1.82, 2.24) is 0 Å². The molecule has 0 aliphatic rings. The fourth-order valence-electron chi connectivity index (χ4n) is 2.82. The van der Waals surface area contributed by atoms with Crippen molar-refractivity contribution in [2.24, 2.45) is 0 Å². The third-order valence-electron chi connectivity index (χ3n) is 4.35. The van der Waals surface area contributed by atoms with Gasteiger partial charge in [-0.15, -0.1) is 22.7 Å². The van der Waals surface area contributed by atoms with Gasteiger partial charge in [-0.1, -0.05) is 17.7 Å². The van der Waals surface area contributed by atoms with E-state index in [9.17, 15) is 27.6 Å². The summed E-state index contributed by atoms with van der Waals surface area (Å²) in [6.45, 7) is 3.15. The molecule has 0 saturated carbocycles. The van der Waals surface area contributed by atoms with Gasteiger partial charge in [0.25, 0.3) is 11.8 Å². The second-order valence-corrected chi connectivity index (χ2v) is 8.93. The summed E-state index contributed by atoms with van der Waals surface area (Å²) >= 11 is 7.96. The largest absolute Gasteiger partial charge is 0.462 e. The SMILES string of the molecule is CCOC(=O)c1c(NC(=O)c2cccs2)sc(C(=O)Nc2cc(C(F)(F)F)ccc2Cl)c1C. The average molecular weight is 517 g/mol. The second-order valence-electron chi connectivity index (χ2n) is 6.56. The molecule has 1 aromatic carbocycles. The van der Waals surface area contributed by atoms with Crippen LogP contribution in [0.5, 0.6) is 0 Å². The Morgan fingerprint density at radius 3 is 2.45 bits per heavy atom. The van der Waals surface area contributed by atoms with Crippen LogP contribution >= 0.6 is 34.3 Å². The molecule has 2 aromatic heterocycles. The van der Waals surface area contributed by atoms with E-state index in [2.05, 4.69) is 10.6 Å². The van der Waals surface area contributed by atoms with Gasteiger partial charge in [-0.05, 0) is 49.1 Å². The Bertz CT molecular complexity index is 1210. The average Bonchev–Trinajstić information content (AvgIpc) is 3.37. The number of carbonyl (C=O) groups excluding carboxylic acids is 3. The highest BCUT2D eigenvalue weighted by Gasteiger charge is 2.32. The standard InChI is InChI=1S/C21H16ClF3N2O4S2/c1-3-31-20(30)15-10(2)16(33-19(15)27-17(28)14-5-4-8-32-14)18(29)26-13-9-11(21(23,24)25)6-7-12(13)22/h4-9H,3H2,1-2H3,(H,26,29)(H,27,28). The van der Waals surface area contributed by atoms with Gasteiger partial charge in [-0.2, -0.15) is 13.2 Å². The quantitative estimate of drug-likeness (QED) is 0.368. The van der Waals surface area contributed by atoms with Crippen molar-refractivity contribution in [2.45, 2.75) is 20.0 Å². The number of alkyl halides is 3. The van der Waals surface area contributed by atoms with Crippen molar-refractivity contribution in [1.29, 1.82) is 0 Å². The monoisotopic (exact) mass is 516 g/mol. The molecule has 2 N–H and O–H groups in total. The number of halogens is 4. The number of rotatable bonds is 6. The zero-order valence-corrected chi connectivity index (χ0v) is 19.5. The molecule has 0 unspecified atom stereocenters. The van der Waals surface area contributed by atoms with Crippen LogP contribution in [-0.4, -0.2) is 24.4 Å². The van der Waals surface area contributed by atoms with Gasteiger partial charge in [0.05, 0.1) is 38.2 Å². The summed E-state index contributed by atoms with van der Waals surface area (Å²) in [5.41, 5.74) is -1.03. The highest BCUT2D eigenvalue weighted by atomic mass is 35.5. The first-order valence-electron chi connectivity index (χ1n) is 9.36. The number of benzene rings is 1. The molecule has 174 valence electrons. The van der Waals surface area contributed by atoms with Gasteiger partial charge in [0.1, 0.15) is 5.00 Å². The number of thiophene rings is 2. The molecule has 6 nitrogen and oxygen atoms in total. The summed E-state index contributed by atoms with van der Waals surface area (Å²) in [5, 5.41) is 6.66. The lowest BCUT2D eigenvalue weighted by molar-refractivity contribution is -0.137. The molecule has 0 aliphatic carbocycles. The van der Waals surface area contributed by atoms with E-state index in [1.807, 2.05) is 0 Å². The van der Waals surface area contributed by atoms with Crippen LogP contribution in [-0.2, 0) is 10.9 Å².